The summed E-state index contributed by atoms with van der Waals surface area (Å²) >= 11 is 0. The molecule has 0 saturated carbocycles. The van der Waals surface area contributed by atoms with E-state index < -0.39 is 36.6 Å². The minimum atomic E-state index is -1.21. The van der Waals surface area contributed by atoms with Crippen LogP contribution >= 0.6 is 0 Å². The summed E-state index contributed by atoms with van der Waals surface area (Å²) in [6, 6.07) is 0. The molecule has 1 fully saturated rings. The van der Waals surface area contributed by atoms with Gasteiger partial charge in [-0.3, -0.25) is 0 Å². The number of hydrogen-bond donors (Lipinski definition) is 4. The molecule has 1 unspecified atom stereocenters. The van der Waals surface area contributed by atoms with Crippen molar-refractivity contribution in [2.45, 2.75) is 56.9 Å². The van der Waals surface area contributed by atoms with Crippen molar-refractivity contribution in [1.29, 1.82) is 0 Å². The highest BCUT2D eigenvalue weighted by molar-refractivity contribution is 4.90. The van der Waals surface area contributed by atoms with Gasteiger partial charge in [-0.1, -0.05) is 0 Å². The lowest BCUT2D eigenvalue weighted by molar-refractivity contribution is -0.222. The molecule has 1 rings (SSSR count). The minimum Gasteiger partial charge on any atom is -0.393 e. The molecular formula is C9H18O5. The summed E-state index contributed by atoms with van der Waals surface area (Å²) in [5.74, 6) is 0. The predicted molar refractivity (Wildman–Crippen MR) is 48.7 cm³/mol. The van der Waals surface area contributed by atoms with Gasteiger partial charge in [-0.05, 0) is 13.8 Å². The van der Waals surface area contributed by atoms with Gasteiger partial charge in [-0.2, -0.15) is 0 Å². The second kappa shape index (κ2) is 4.55. The lowest BCUT2D eigenvalue weighted by atomic mass is 9.93. The minimum absolute atomic E-state index is 0.245. The summed E-state index contributed by atoms with van der Waals surface area (Å²) in [4.78, 5) is 0. The SMILES string of the molecule is CC(O)C[C@@H]1O[C@H](C)[C@@H](O)[C@@H](O)[C@@H]1O. The van der Waals surface area contributed by atoms with E-state index in [0.717, 1.165) is 0 Å². The van der Waals surface area contributed by atoms with Crippen LogP contribution in [-0.4, -0.2) is 57.0 Å². The molecule has 0 bridgehead atoms. The third-order valence-electron chi connectivity index (χ3n) is 2.52. The third kappa shape index (κ3) is 2.43. The molecule has 1 saturated heterocycles. The van der Waals surface area contributed by atoms with E-state index in [4.69, 9.17) is 9.84 Å². The maximum Gasteiger partial charge on any atom is 0.111 e. The van der Waals surface area contributed by atoms with Gasteiger partial charge in [0.1, 0.15) is 18.3 Å². The summed E-state index contributed by atoms with van der Waals surface area (Å²) < 4.78 is 5.27. The first-order valence-electron chi connectivity index (χ1n) is 4.81. The number of aliphatic hydroxyl groups is 4. The van der Waals surface area contributed by atoms with Crippen LogP contribution in [0.3, 0.4) is 0 Å². The van der Waals surface area contributed by atoms with Crippen LogP contribution in [0, 0.1) is 0 Å². The lowest BCUT2D eigenvalue weighted by Crippen LogP contribution is -2.57. The highest BCUT2D eigenvalue weighted by Gasteiger charge is 2.41. The Morgan fingerprint density at radius 1 is 1.14 bits per heavy atom. The van der Waals surface area contributed by atoms with E-state index >= 15 is 0 Å². The van der Waals surface area contributed by atoms with Crippen molar-refractivity contribution < 1.29 is 25.2 Å². The van der Waals surface area contributed by atoms with E-state index in [-0.39, 0.29) is 6.42 Å². The fourth-order valence-corrected chi connectivity index (χ4v) is 1.67. The molecule has 0 radical (unpaired) electrons. The van der Waals surface area contributed by atoms with E-state index in [2.05, 4.69) is 0 Å². The van der Waals surface area contributed by atoms with Crippen LogP contribution in [0.15, 0.2) is 0 Å². The fraction of sp³-hybridized carbons (Fsp3) is 1.00. The van der Waals surface area contributed by atoms with Crippen LogP contribution in [0.4, 0.5) is 0 Å². The van der Waals surface area contributed by atoms with E-state index in [1.54, 1.807) is 13.8 Å². The molecule has 84 valence electrons. The van der Waals surface area contributed by atoms with Crippen molar-refractivity contribution in [1.82, 2.24) is 0 Å². The van der Waals surface area contributed by atoms with E-state index in [1.807, 2.05) is 0 Å². The quantitative estimate of drug-likeness (QED) is 0.447. The van der Waals surface area contributed by atoms with Gasteiger partial charge >= 0.3 is 0 Å². The van der Waals surface area contributed by atoms with Crippen molar-refractivity contribution in [3.05, 3.63) is 0 Å². The molecule has 0 spiro atoms. The highest BCUT2D eigenvalue weighted by Crippen LogP contribution is 2.23. The maximum absolute atomic E-state index is 9.53. The third-order valence-corrected chi connectivity index (χ3v) is 2.52. The predicted octanol–water partition coefficient (Wildman–Crippen LogP) is -1.37. The van der Waals surface area contributed by atoms with Crippen LogP contribution in [0.25, 0.3) is 0 Å². The van der Waals surface area contributed by atoms with Crippen molar-refractivity contribution in [2.24, 2.45) is 0 Å². The zero-order valence-corrected chi connectivity index (χ0v) is 8.37. The van der Waals surface area contributed by atoms with Crippen molar-refractivity contribution >= 4 is 0 Å². The zero-order chi connectivity index (χ0) is 10.9. The Labute approximate surface area is 82.9 Å². The summed E-state index contributed by atoms with van der Waals surface area (Å²) in [5, 5.41) is 37.5. The summed E-state index contributed by atoms with van der Waals surface area (Å²) in [7, 11) is 0. The van der Waals surface area contributed by atoms with Crippen LogP contribution in [0.2, 0.25) is 0 Å². The Bertz CT molecular complexity index is 184. The van der Waals surface area contributed by atoms with E-state index in [0.29, 0.717) is 0 Å². The van der Waals surface area contributed by atoms with Gasteiger partial charge in [0.05, 0.1) is 18.3 Å². The van der Waals surface area contributed by atoms with Crippen molar-refractivity contribution in [2.75, 3.05) is 0 Å². The van der Waals surface area contributed by atoms with Crippen LogP contribution < -0.4 is 0 Å². The van der Waals surface area contributed by atoms with E-state index in [9.17, 15) is 15.3 Å². The Morgan fingerprint density at radius 3 is 2.21 bits per heavy atom. The first kappa shape index (κ1) is 11.9. The maximum atomic E-state index is 9.53. The summed E-state index contributed by atoms with van der Waals surface area (Å²) in [5.41, 5.74) is 0. The molecule has 0 amide bonds. The van der Waals surface area contributed by atoms with Crippen LogP contribution in [-0.2, 0) is 4.74 Å². The van der Waals surface area contributed by atoms with Crippen molar-refractivity contribution in [3.63, 3.8) is 0 Å². The van der Waals surface area contributed by atoms with E-state index in [1.165, 1.54) is 0 Å². The molecule has 14 heavy (non-hydrogen) atoms. The number of ether oxygens (including phenoxy) is 1. The topological polar surface area (TPSA) is 90.2 Å². The van der Waals surface area contributed by atoms with Gasteiger partial charge in [-0.15, -0.1) is 0 Å². The van der Waals surface area contributed by atoms with Gasteiger partial charge in [0.2, 0.25) is 0 Å². The average Bonchev–Trinajstić information content (AvgIpc) is 2.10. The first-order valence-corrected chi connectivity index (χ1v) is 4.81. The standard InChI is InChI=1S/C9H18O5/c1-4(10)3-6-8(12)9(13)7(11)5(2)14-6/h4-13H,3H2,1-2H3/t4?,5-,6+,7-,8-,9-/m1/s1. The monoisotopic (exact) mass is 206 g/mol. The Morgan fingerprint density at radius 2 is 1.71 bits per heavy atom. The molecule has 4 N–H and O–H groups in total. The van der Waals surface area contributed by atoms with Gasteiger partial charge < -0.3 is 25.2 Å². The van der Waals surface area contributed by atoms with Gasteiger partial charge in [0.25, 0.3) is 0 Å². The molecule has 0 aromatic carbocycles. The molecule has 0 aromatic rings. The number of rotatable bonds is 2. The summed E-state index contributed by atoms with van der Waals surface area (Å²) in [6.07, 6.45) is -4.94. The Kier molecular flexibility index (Phi) is 3.86. The smallest absolute Gasteiger partial charge is 0.111 e. The fourth-order valence-electron chi connectivity index (χ4n) is 1.67. The molecule has 6 atom stereocenters. The van der Waals surface area contributed by atoms with Crippen LogP contribution in [0.1, 0.15) is 20.3 Å². The Hall–Kier alpha value is -0.200. The van der Waals surface area contributed by atoms with Crippen molar-refractivity contribution in [3.8, 4) is 0 Å². The molecule has 1 aliphatic heterocycles. The number of hydrogen-bond acceptors (Lipinski definition) is 5. The normalized spacial score (nSPS) is 46.3. The van der Waals surface area contributed by atoms with Gasteiger partial charge in [0.15, 0.2) is 0 Å². The average molecular weight is 206 g/mol. The second-order valence-electron chi connectivity index (χ2n) is 3.94. The largest absolute Gasteiger partial charge is 0.393 e. The van der Waals surface area contributed by atoms with Gasteiger partial charge in [-0.25, -0.2) is 0 Å². The molecule has 5 nitrogen and oxygen atoms in total. The molecule has 5 heteroatoms. The molecule has 0 aromatic heterocycles. The number of aliphatic hydroxyl groups excluding tert-OH is 4. The summed E-state index contributed by atoms with van der Waals surface area (Å²) in [6.45, 7) is 3.20. The van der Waals surface area contributed by atoms with Gasteiger partial charge in [0, 0.05) is 6.42 Å². The molecular weight excluding hydrogens is 188 g/mol. The Balaban J connectivity index is 2.60. The molecule has 1 aliphatic rings. The second-order valence-corrected chi connectivity index (χ2v) is 3.94. The zero-order valence-electron chi connectivity index (χ0n) is 8.37. The lowest BCUT2D eigenvalue weighted by Gasteiger charge is -2.39. The van der Waals surface area contributed by atoms with Crippen LogP contribution in [0.5, 0.6) is 0 Å². The highest BCUT2D eigenvalue weighted by atomic mass is 16.5. The molecule has 0 aliphatic carbocycles. The first-order chi connectivity index (χ1) is 6.43. The molecule has 1 heterocycles.